The summed E-state index contributed by atoms with van der Waals surface area (Å²) in [6.45, 7) is 16.7. The molecular weight excluding hydrogens is 206 g/mol. The third-order valence-corrected chi connectivity index (χ3v) is 2.83. The molecule has 0 atom stereocenters. The predicted octanol–water partition coefficient (Wildman–Crippen LogP) is 5.45. The van der Waals surface area contributed by atoms with E-state index < -0.39 is 0 Å². The Morgan fingerprint density at radius 3 is 2.24 bits per heavy atom. The number of allylic oxidation sites excluding steroid dienone is 2. The van der Waals surface area contributed by atoms with Gasteiger partial charge in [0.2, 0.25) is 0 Å². The SMILES string of the molecule is C=C(CCC)C(=C)/C(N=CC)=C(/C)CCCC. The topological polar surface area (TPSA) is 12.4 Å². The van der Waals surface area contributed by atoms with Crippen molar-refractivity contribution in [3.63, 3.8) is 0 Å². The molecule has 0 spiro atoms. The van der Waals surface area contributed by atoms with Crippen molar-refractivity contribution in [2.75, 3.05) is 0 Å². The number of unbranched alkanes of at least 4 members (excludes halogenated alkanes) is 1. The molecule has 0 fully saturated rings. The molecule has 0 aromatic rings. The van der Waals surface area contributed by atoms with Crippen LogP contribution in [0.2, 0.25) is 0 Å². The molecule has 0 aromatic carbocycles. The first kappa shape index (κ1) is 15.9. The number of hydrogen-bond acceptors (Lipinski definition) is 1. The van der Waals surface area contributed by atoms with Crippen molar-refractivity contribution in [1.82, 2.24) is 0 Å². The van der Waals surface area contributed by atoms with Crippen molar-refractivity contribution in [3.05, 3.63) is 35.6 Å². The summed E-state index contributed by atoms with van der Waals surface area (Å²) in [4.78, 5) is 4.47. The van der Waals surface area contributed by atoms with Gasteiger partial charge in [-0.3, -0.25) is 4.99 Å². The van der Waals surface area contributed by atoms with Crippen LogP contribution in [0.3, 0.4) is 0 Å². The molecule has 17 heavy (non-hydrogen) atoms. The van der Waals surface area contributed by atoms with E-state index in [9.17, 15) is 0 Å². The highest BCUT2D eigenvalue weighted by atomic mass is 14.7. The molecular formula is C16H27N. The van der Waals surface area contributed by atoms with Gasteiger partial charge in [0.15, 0.2) is 0 Å². The maximum absolute atomic E-state index is 4.47. The summed E-state index contributed by atoms with van der Waals surface area (Å²) in [6.07, 6.45) is 7.47. The van der Waals surface area contributed by atoms with Crippen LogP contribution in [0.1, 0.15) is 59.8 Å². The highest BCUT2D eigenvalue weighted by Gasteiger charge is 2.08. The van der Waals surface area contributed by atoms with Crippen molar-refractivity contribution in [1.29, 1.82) is 0 Å². The normalized spacial score (nSPS) is 12.7. The molecule has 0 radical (unpaired) electrons. The van der Waals surface area contributed by atoms with Crippen molar-refractivity contribution in [2.45, 2.75) is 59.8 Å². The minimum Gasteiger partial charge on any atom is -0.261 e. The van der Waals surface area contributed by atoms with Crippen molar-refractivity contribution < 1.29 is 0 Å². The van der Waals surface area contributed by atoms with Gasteiger partial charge in [0.1, 0.15) is 0 Å². The number of rotatable bonds is 8. The molecule has 1 nitrogen and oxygen atoms in total. The summed E-state index contributed by atoms with van der Waals surface area (Å²) >= 11 is 0. The van der Waals surface area contributed by atoms with Crippen LogP contribution in [0.4, 0.5) is 0 Å². The van der Waals surface area contributed by atoms with E-state index in [2.05, 4.69) is 38.9 Å². The average Bonchev–Trinajstić information content (AvgIpc) is 2.32. The Morgan fingerprint density at radius 2 is 1.76 bits per heavy atom. The van der Waals surface area contributed by atoms with Gasteiger partial charge in [0.25, 0.3) is 0 Å². The molecule has 0 amide bonds. The molecule has 96 valence electrons. The lowest BCUT2D eigenvalue weighted by atomic mass is 9.97. The number of nitrogens with zero attached hydrogens (tertiary/aromatic N) is 1. The highest BCUT2D eigenvalue weighted by Crippen LogP contribution is 2.26. The molecule has 0 heterocycles. The maximum atomic E-state index is 4.47. The van der Waals surface area contributed by atoms with Gasteiger partial charge in [-0.05, 0) is 49.8 Å². The molecule has 0 saturated carbocycles. The van der Waals surface area contributed by atoms with Crippen LogP contribution >= 0.6 is 0 Å². The highest BCUT2D eigenvalue weighted by molar-refractivity contribution is 5.59. The molecule has 0 N–H and O–H groups in total. The van der Waals surface area contributed by atoms with E-state index in [1.165, 1.54) is 18.4 Å². The van der Waals surface area contributed by atoms with Crippen molar-refractivity contribution in [3.8, 4) is 0 Å². The lowest BCUT2D eigenvalue weighted by molar-refractivity contribution is 0.780. The summed E-state index contributed by atoms with van der Waals surface area (Å²) in [5.74, 6) is 0. The fraction of sp³-hybridized carbons (Fsp3) is 0.562. The maximum Gasteiger partial charge on any atom is 0.0683 e. The van der Waals surface area contributed by atoms with Gasteiger partial charge in [-0.1, -0.05) is 39.8 Å². The fourth-order valence-electron chi connectivity index (χ4n) is 1.76. The Hall–Kier alpha value is -1.11. The first-order valence-electron chi connectivity index (χ1n) is 6.64. The van der Waals surface area contributed by atoms with Crippen LogP contribution in [0.5, 0.6) is 0 Å². The minimum absolute atomic E-state index is 1.00. The van der Waals surface area contributed by atoms with E-state index in [1.54, 1.807) is 0 Å². The van der Waals surface area contributed by atoms with Gasteiger partial charge < -0.3 is 0 Å². The lowest BCUT2D eigenvalue weighted by Gasteiger charge is -2.12. The Morgan fingerprint density at radius 1 is 1.12 bits per heavy atom. The van der Waals surface area contributed by atoms with Gasteiger partial charge in [-0.2, -0.15) is 0 Å². The zero-order valence-electron chi connectivity index (χ0n) is 12.0. The molecule has 0 aliphatic heterocycles. The Bertz CT molecular complexity index is 318. The first-order chi connectivity index (χ1) is 8.08. The summed E-state index contributed by atoms with van der Waals surface area (Å²) in [7, 11) is 0. The molecule has 1 heteroatoms. The molecule has 0 aromatic heterocycles. The molecule has 0 unspecified atom stereocenters. The lowest BCUT2D eigenvalue weighted by Crippen LogP contribution is -1.95. The van der Waals surface area contributed by atoms with Crippen LogP contribution < -0.4 is 0 Å². The van der Waals surface area contributed by atoms with Crippen LogP contribution in [0.15, 0.2) is 40.6 Å². The monoisotopic (exact) mass is 233 g/mol. The largest absolute Gasteiger partial charge is 0.261 e. The third-order valence-electron chi connectivity index (χ3n) is 2.83. The van der Waals surface area contributed by atoms with Crippen molar-refractivity contribution in [2.24, 2.45) is 4.99 Å². The first-order valence-corrected chi connectivity index (χ1v) is 6.64. The summed E-state index contributed by atoms with van der Waals surface area (Å²) in [6, 6.07) is 0. The van der Waals surface area contributed by atoms with Gasteiger partial charge >= 0.3 is 0 Å². The quantitative estimate of drug-likeness (QED) is 0.390. The van der Waals surface area contributed by atoms with E-state index in [4.69, 9.17) is 0 Å². The van der Waals surface area contributed by atoms with Crippen LogP contribution in [0, 0.1) is 0 Å². The van der Waals surface area contributed by atoms with Gasteiger partial charge in [0.05, 0.1) is 5.70 Å². The van der Waals surface area contributed by atoms with Crippen LogP contribution in [-0.4, -0.2) is 6.21 Å². The fourth-order valence-corrected chi connectivity index (χ4v) is 1.76. The molecule has 0 rings (SSSR count). The van der Waals surface area contributed by atoms with E-state index >= 15 is 0 Å². The predicted molar refractivity (Wildman–Crippen MR) is 79.6 cm³/mol. The van der Waals surface area contributed by atoms with E-state index in [0.29, 0.717) is 0 Å². The Balaban J connectivity index is 4.95. The van der Waals surface area contributed by atoms with Crippen LogP contribution in [-0.2, 0) is 0 Å². The van der Waals surface area contributed by atoms with Gasteiger partial charge in [0, 0.05) is 6.21 Å². The smallest absolute Gasteiger partial charge is 0.0683 e. The summed E-state index contributed by atoms with van der Waals surface area (Å²) in [5, 5.41) is 0. The number of hydrogen-bond donors (Lipinski definition) is 0. The zero-order chi connectivity index (χ0) is 13.3. The zero-order valence-corrected chi connectivity index (χ0v) is 12.0. The summed E-state index contributed by atoms with van der Waals surface area (Å²) in [5.41, 5.74) is 4.49. The standard InChI is InChI=1S/C16H27N/c1-7-10-12-14(5)16(17-9-3)15(6)13(4)11-8-2/h9H,4,6-8,10-12H2,1-3,5H3/b16-14+,17-9?. The van der Waals surface area contributed by atoms with E-state index in [0.717, 1.165) is 36.1 Å². The van der Waals surface area contributed by atoms with E-state index in [1.807, 2.05) is 13.1 Å². The minimum atomic E-state index is 1.00. The number of aliphatic imine (C=N–C) groups is 1. The second-order valence-electron chi connectivity index (χ2n) is 4.45. The molecule has 0 bridgehead atoms. The molecule has 0 saturated heterocycles. The molecule has 0 aliphatic carbocycles. The van der Waals surface area contributed by atoms with Gasteiger partial charge in [-0.15, -0.1) is 0 Å². The van der Waals surface area contributed by atoms with Crippen LogP contribution in [0.25, 0.3) is 0 Å². The van der Waals surface area contributed by atoms with Gasteiger partial charge in [-0.25, -0.2) is 0 Å². The Labute approximate surface area is 107 Å². The van der Waals surface area contributed by atoms with E-state index in [-0.39, 0.29) is 0 Å². The third kappa shape index (κ3) is 5.67. The summed E-state index contributed by atoms with van der Waals surface area (Å²) < 4.78 is 0. The Kier molecular flexibility index (Phi) is 8.39. The second kappa shape index (κ2) is 8.98. The second-order valence-corrected chi connectivity index (χ2v) is 4.45. The molecule has 0 aliphatic rings. The average molecular weight is 233 g/mol. The van der Waals surface area contributed by atoms with Crippen molar-refractivity contribution >= 4 is 6.21 Å².